The Hall–Kier alpha value is -2.90. The summed E-state index contributed by atoms with van der Waals surface area (Å²) >= 11 is 0. The number of likely N-dealkylation sites (N-methyl/N-ethyl adjacent to an activating group) is 2. The number of hydrogen-bond donors (Lipinski definition) is 2. The van der Waals surface area contributed by atoms with Crippen LogP contribution in [0, 0.1) is 0 Å². The number of hydrogen-bond acceptors (Lipinski definition) is 4. The molecule has 0 unspecified atom stereocenters. The van der Waals surface area contributed by atoms with Gasteiger partial charge in [0.25, 0.3) is 11.8 Å². The van der Waals surface area contributed by atoms with Crippen LogP contribution in [0.1, 0.15) is 20.7 Å². The molecule has 0 aliphatic carbocycles. The second kappa shape index (κ2) is 8.66. The number of carbonyl (C=O) groups excluding carboxylic acids is 4. The van der Waals surface area contributed by atoms with Gasteiger partial charge in [-0.05, 0) is 24.3 Å². The van der Waals surface area contributed by atoms with E-state index in [1.807, 2.05) is 0 Å². The summed E-state index contributed by atoms with van der Waals surface area (Å²) in [6.45, 7) is -0.193. The van der Waals surface area contributed by atoms with E-state index >= 15 is 0 Å². The number of rotatable bonds is 6. The fourth-order valence-corrected chi connectivity index (χ4v) is 1.61. The van der Waals surface area contributed by atoms with Crippen molar-refractivity contribution in [1.29, 1.82) is 0 Å². The van der Waals surface area contributed by atoms with Crippen molar-refractivity contribution in [2.45, 2.75) is 0 Å². The van der Waals surface area contributed by atoms with Crippen LogP contribution in [-0.2, 0) is 9.59 Å². The summed E-state index contributed by atoms with van der Waals surface area (Å²) in [5, 5.41) is 5.00. The van der Waals surface area contributed by atoms with Gasteiger partial charge in [0.15, 0.2) is 0 Å². The van der Waals surface area contributed by atoms with E-state index in [-0.39, 0.29) is 24.9 Å². The molecule has 0 fully saturated rings. The van der Waals surface area contributed by atoms with Gasteiger partial charge in [0.2, 0.25) is 11.8 Å². The van der Waals surface area contributed by atoms with Crippen LogP contribution in [0.25, 0.3) is 0 Å². The third-order valence-corrected chi connectivity index (χ3v) is 3.21. The normalized spacial score (nSPS) is 9.83. The number of amides is 4. The summed E-state index contributed by atoms with van der Waals surface area (Å²) in [4.78, 5) is 49.4. The van der Waals surface area contributed by atoms with Gasteiger partial charge in [0.1, 0.15) is 0 Å². The van der Waals surface area contributed by atoms with Gasteiger partial charge in [0, 0.05) is 39.3 Å². The number of benzene rings is 1. The average molecular weight is 334 g/mol. The number of nitrogens with zero attached hydrogens (tertiary/aromatic N) is 2. The maximum absolute atomic E-state index is 11.9. The summed E-state index contributed by atoms with van der Waals surface area (Å²) < 4.78 is 0. The Balaban J connectivity index is 2.58. The predicted molar refractivity (Wildman–Crippen MR) is 88.5 cm³/mol. The molecule has 4 amide bonds. The maximum atomic E-state index is 11.9. The molecule has 8 heteroatoms. The predicted octanol–water partition coefficient (Wildman–Crippen LogP) is -0.677. The fourth-order valence-electron chi connectivity index (χ4n) is 1.61. The Morgan fingerprint density at radius 1 is 0.708 bits per heavy atom. The van der Waals surface area contributed by atoms with Gasteiger partial charge in [-0.15, -0.1) is 0 Å². The van der Waals surface area contributed by atoms with Gasteiger partial charge < -0.3 is 20.4 Å². The van der Waals surface area contributed by atoms with Gasteiger partial charge in [-0.3, -0.25) is 19.2 Å². The highest BCUT2D eigenvalue weighted by molar-refractivity contribution is 5.99. The molecule has 8 nitrogen and oxygen atoms in total. The minimum Gasteiger partial charge on any atom is -0.347 e. The van der Waals surface area contributed by atoms with Crippen LogP contribution in [0.5, 0.6) is 0 Å². The first-order valence-electron chi connectivity index (χ1n) is 7.29. The Bertz CT molecular complexity index is 568. The van der Waals surface area contributed by atoms with Crippen LogP contribution in [0.15, 0.2) is 24.3 Å². The van der Waals surface area contributed by atoms with Crippen molar-refractivity contribution in [3.63, 3.8) is 0 Å². The highest BCUT2D eigenvalue weighted by atomic mass is 16.2. The van der Waals surface area contributed by atoms with E-state index in [0.29, 0.717) is 11.1 Å². The smallest absolute Gasteiger partial charge is 0.251 e. The third-order valence-electron chi connectivity index (χ3n) is 3.21. The molecule has 0 bridgehead atoms. The fraction of sp³-hybridized carbons (Fsp3) is 0.375. The molecular weight excluding hydrogens is 312 g/mol. The summed E-state index contributed by atoms with van der Waals surface area (Å²) in [5.74, 6) is -1.24. The lowest BCUT2D eigenvalue weighted by molar-refractivity contribution is -0.128. The molecular formula is C16H22N4O4. The zero-order chi connectivity index (χ0) is 18.3. The summed E-state index contributed by atoms with van der Waals surface area (Å²) in [5.41, 5.74) is 0.671. The molecule has 0 aliphatic rings. The second-order valence-corrected chi connectivity index (χ2v) is 5.52. The van der Waals surface area contributed by atoms with Crippen LogP contribution in [-0.4, -0.2) is 74.7 Å². The van der Waals surface area contributed by atoms with Gasteiger partial charge in [-0.2, -0.15) is 0 Å². The van der Waals surface area contributed by atoms with E-state index in [1.54, 1.807) is 28.2 Å². The summed E-state index contributed by atoms with van der Waals surface area (Å²) in [6, 6.07) is 5.94. The minimum atomic E-state index is -0.403. The third kappa shape index (κ3) is 5.71. The standard InChI is InChI=1S/C16H22N4O4/c1-19(2)13(21)9-17-15(23)11-5-7-12(8-6-11)16(24)18-10-14(22)20(3)4/h5-8H,9-10H2,1-4H3,(H,17,23)(H,18,24). The van der Waals surface area contributed by atoms with E-state index in [9.17, 15) is 19.2 Å². The lowest BCUT2D eigenvalue weighted by Crippen LogP contribution is -2.36. The summed E-state index contributed by atoms with van der Waals surface area (Å²) in [6.07, 6.45) is 0. The summed E-state index contributed by atoms with van der Waals surface area (Å²) in [7, 11) is 6.40. The quantitative estimate of drug-likeness (QED) is 0.720. The lowest BCUT2D eigenvalue weighted by Gasteiger charge is -2.12. The van der Waals surface area contributed by atoms with Crippen LogP contribution < -0.4 is 10.6 Å². The first kappa shape index (κ1) is 19.1. The van der Waals surface area contributed by atoms with Crippen molar-refractivity contribution in [1.82, 2.24) is 20.4 Å². The number of nitrogens with one attached hydrogen (secondary N) is 2. The SMILES string of the molecule is CN(C)C(=O)CNC(=O)c1ccc(C(=O)NCC(=O)N(C)C)cc1. The number of carbonyl (C=O) groups is 4. The molecule has 1 rings (SSSR count). The highest BCUT2D eigenvalue weighted by Gasteiger charge is 2.12. The van der Waals surface area contributed by atoms with E-state index in [0.717, 1.165) is 0 Å². The topological polar surface area (TPSA) is 98.8 Å². The molecule has 130 valence electrons. The zero-order valence-electron chi connectivity index (χ0n) is 14.3. The van der Waals surface area contributed by atoms with Gasteiger partial charge >= 0.3 is 0 Å². The minimum absolute atomic E-state index is 0.0965. The zero-order valence-corrected chi connectivity index (χ0v) is 14.3. The van der Waals surface area contributed by atoms with Crippen molar-refractivity contribution in [2.75, 3.05) is 41.3 Å². The largest absolute Gasteiger partial charge is 0.347 e. The molecule has 1 aromatic rings. The molecule has 0 atom stereocenters. The van der Waals surface area contributed by atoms with Crippen LogP contribution in [0.4, 0.5) is 0 Å². The van der Waals surface area contributed by atoms with Crippen LogP contribution >= 0.6 is 0 Å². The molecule has 0 heterocycles. The first-order valence-corrected chi connectivity index (χ1v) is 7.29. The Morgan fingerprint density at radius 2 is 1.00 bits per heavy atom. The molecule has 0 aromatic heterocycles. The highest BCUT2D eigenvalue weighted by Crippen LogP contribution is 2.04. The van der Waals surface area contributed by atoms with E-state index < -0.39 is 11.8 Å². The van der Waals surface area contributed by atoms with E-state index in [4.69, 9.17) is 0 Å². The second-order valence-electron chi connectivity index (χ2n) is 5.52. The molecule has 0 aliphatic heterocycles. The maximum Gasteiger partial charge on any atom is 0.251 e. The van der Waals surface area contributed by atoms with Gasteiger partial charge in [-0.25, -0.2) is 0 Å². The molecule has 1 aromatic carbocycles. The van der Waals surface area contributed by atoms with Crippen molar-refractivity contribution in [2.24, 2.45) is 0 Å². The van der Waals surface area contributed by atoms with Crippen LogP contribution in [0.2, 0.25) is 0 Å². The Kier molecular flexibility index (Phi) is 6.91. The van der Waals surface area contributed by atoms with Crippen LogP contribution in [0.3, 0.4) is 0 Å². The van der Waals surface area contributed by atoms with E-state index in [2.05, 4.69) is 10.6 Å². The Morgan fingerprint density at radius 3 is 1.25 bits per heavy atom. The lowest BCUT2D eigenvalue weighted by atomic mass is 10.1. The average Bonchev–Trinajstić information content (AvgIpc) is 2.56. The van der Waals surface area contributed by atoms with Crippen molar-refractivity contribution >= 4 is 23.6 Å². The molecule has 0 saturated carbocycles. The molecule has 0 spiro atoms. The Labute approximate surface area is 140 Å². The van der Waals surface area contributed by atoms with Gasteiger partial charge in [-0.1, -0.05) is 0 Å². The van der Waals surface area contributed by atoms with Crippen molar-refractivity contribution in [3.8, 4) is 0 Å². The van der Waals surface area contributed by atoms with Crippen molar-refractivity contribution < 1.29 is 19.2 Å². The monoisotopic (exact) mass is 334 g/mol. The first-order chi connectivity index (χ1) is 11.2. The van der Waals surface area contributed by atoms with Gasteiger partial charge in [0.05, 0.1) is 13.1 Å². The molecule has 0 saturated heterocycles. The molecule has 2 N–H and O–H groups in total. The van der Waals surface area contributed by atoms with E-state index in [1.165, 1.54) is 34.1 Å². The van der Waals surface area contributed by atoms with Crippen molar-refractivity contribution in [3.05, 3.63) is 35.4 Å². The molecule has 0 radical (unpaired) electrons. The molecule has 24 heavy (non-hydrogen) atoms.